The van der Waals surface area contributed by atoms with Gasteiger partial charge in [-0.25, -0.2) is 5.01 Å². The first-order valence-corrected chi connectivity index (χ1v) is 7.46. The van der Waals surface area contributed by atoms with Crippen molar-refractivity contribution in [3.8, 4) is 5.75 Å². The van der Waals surface area contributed by atoms with Gasteiger partial charge in [0.15, 0.2) is 0 Å². The lowest BCUT2D eigenvalue weighted by Gasteiger charge is -2.14. The maximum Gasteiger partial charge on any atom is 0.256 e. The number of nitrogens with zero attached hydrogens (tertiary/aromatic N) is 2. The molecule has 5 heteroatoms. The summed E-state index contributed by atoms with van der Waals surface area (Å²) in [5.74, 6) is 0.704. The van der Waals surface area contributed by atoms with Crippen LogP contribution in [0.1, 0.15) is 32.6 Å². The molecule has 0 aliphatic carbocycles. The molecule has 0 spiro atoms. The largest absolute Gasteiger partial charge is 0.497 e. The third kappa shape index (κ3) is 3.42. The maximum atomic E-state index is 12.6. The van der Waals surface area contributed by atoms with Crippen LogP contribution in [0.15, 0.2) is 29.4 Å². The Kier molecular flexibility index (Phi) is 5.33. The minimum absolute atomic E-state index is 0.0528. The molecule has 1 aromatic carbocycles. The second-order valence-corrected chi connectivity index (χ2v) is 5.17. The first kappa shape index (κ1) is 15.5. The van der Waals surface area contributed by atoms with Crippen molar-refractivity contribution >= 4 is 17.3 Å². The second kappa shape index (κ2) is 7.22. The fraction of sp³-hybridized carbons (Fsp3) is 0.500. The lowest BCUT2D eigenvalue weighted by Crippen LogP contribution is -2.28. The Morgan fingerprint density at radius 2 is 2.05 bits per heavy atom. The summed E-state index contributed by atoms with van der Waals surface area (Å²) < 4.78 is 5.14. The van der Waals surface area contributed by atoms with Crippen LogP contribution >= 0.6 is 0 Å². The van der Waals surface area contributed by atoms with Crippen LogP contribution in [-0.2, 0) is 4.79 Å². The lowest BCUT2D eigenvalue weighted by molar-refractivity contribution is -0.119. The van der Waals surface area contributed by atoms with Crippen molar-refractivity contribution in [1.82, 2.24) is 0 Å². The van der Waals surface area contributed by atoms with Crippen molar-refractivity contribution in [2.75, 3.05) is 18.7 Å². The number of benzene rings is 1. The van der Waals surface area contributed by atoms with Crippen LogP contribution in [0.2, 0.25) is 0 Å². The Balaban J connectivity index is 2.20. The number of hydrogen-bond acceptors (Lipinski definition) is 4. The summed E-state index contributed by atoms with van der Waals surface area (Å²) in [6.45, 7) is 2.70. The van der Waals surface area contributed by atoms with Crippen LogP contribution in [0.4, 0.5) is 5.69 Å². The molecule has 114 valence electrons. The molecule has 5 nitrogen and oxygen atoms in total. The van der Waals surface area contributed by atoms with Crippen LogP contribution in [0.3, 0.4) is 0 Å². The number of nitrogens with two attached hydrogens (primary N) is 1. The zero-order chi connectivity index (χ0) is 15.2. The lowest BCUT2D eigenvalue weighted by atomic mass is 9.94. The number of rotatable bonds is 7. The van der Waals surface area contributed by atoms with Crippen LogP contribution < -0.4 is 15.5 Å². The van der Waals surface area contributed by atoms with Crippen molar-refractivity contribution < 1.29 is 9.53 Å². The van der Waals surface area contributed by atoms with Gasteiger partial charge in [-0.2, -0.15) is 5.10 Å². The number of amides is 1. The molecule has 1 aliphatic rings. The van der Waals surface area contributed by atoms with Gasteiger partial charge in [-0.3, -0.25) is 4.79 Å². The van der Waals surface area contributed by atoms with Gasteiger partial charge < -0.3 is 10.5 Å². The molecule has 2 N–H and O–H groups in total. The van der Waals surface area contributed by atoms with Gasteiger partial charge in [0, 0.05) is 0 Å². The predicted molar refractivity (Wildman–Crippen MR) is 84.6 cm³/mol. The van der Waals surface area contributed by atoms with Crippen molar-refractivity contribution in [2.45, 2.75) is 32.6 Å². The second-order valence-electron chi connectivity index (χ2n) is 5.17. The Hall–Kier alpha value is -1.88. The van der Waals surface area contributed by atoms with E-state index in [0.29, 0.717) is 6.54 Å². The Labute approximate surface area is 125 Å². The number of ether oxygens (including phenoxy) is 1. The van der Waals surface area contributed by atoms with Gasteiger partial charge in [-0.05, 0) is 50.1 Å². The van der Waals surface area contributed by atoms with Crippen LogP contribution in [0.25, 0.3) is 0 Å². The molecule has 0 bridgehead atoms. The number of hydrogen-bond donors (Lipinski definition) is 1. The topological polar surface area (TPSA) is 67.9 Å². The molecule has 1 amide bonds. The van der Waals surface area contributed by atoms with E-state index in [0.717, 1.165) is 42.8 Å². The van der Waals surface area contributed by atoms with Gasteiger partial charge in [0.2, 0.25) is 0 Å². The normalized spacial score (nSPS) is 18.0. The molecule has 21 heavy (non-hydrogen) atoms. The number of anilines is 1. The number of carbonyl (C=O) groups is 1. The van der Waals surface area contributed by atoms with Gasteiger partial charge in [0.25, 0.3) is 5.91 Å². The first-order chi connectivity index (χ1) is 10.2. The minimum Gasteiger partial charge on any atom is -0.497 e. The number of carbonyl (C=O) groups excluding carboxylic acids is 1. The van der Waals surface area contributed by atoms with Crippen molar-refractivity contribution in [3.63, 3.8) is 0 Å². The average Bonchev–Trinajstić information content (AvgIpc) is 2.82. The highest BCUT2D eigenvalue weighted by atomic mass is 16.5. The monoisotopic (exact) mass is 289 g/mol. The van der Waals surface area contributed by atoms with E-state index in [4.69, 9.17) is 10.5 Å². The molecule has 1 atom stereocenters. The van der Waals surface area contributed by atoms with Gasteiger partial charge in [0.05, 0.1) is 24.4 Å². The van der Waals surface area contributed by atoms with E-state index in [1.54, 1.807) is 7.11 Å². The molecule has 1 aromatic rings. The SMILES string of the molecule is CCCC1=NN(c2ccc(OC)cc2)C(=O)C1CCCN. The molecule has 0 aromatic heterocycles. The Morgan fingerprint density at radius 3 is 2.62 bits per heavy atom. The smallest absolute Gasteiger partial charge is 0.256 e. The molecule has 1 unspecified atom stereocenters. The third-order valence-electron chi connectivity index (χ3n) is 3.66. The third-order valence-corrected chi connectivity index (χ3v) is 3.66. The van der Waals surface area contributed by atoms with Gasteiger partial charge in [-0.15, -0.1) is 0 Å². The summed E-state index contributed by atoms with van der Waals surface area (Å²) in [5.41, 5.74) is 7.33. The summed E-state index contributed by atoms with van der Waals surface area (Å²) in [6, 6.07) is 7.39. The van der Waals surface area contributed by atoms with E-state index >= 15 is 0 Å². The molecule has 2 rings (SSSR count). The molecule has 0 fully saturated rings. The number of hydrazone groups is 1. The first-order valence-electron chi connectivity index (χ1n) is 7.46. The molecule has 0 saturated heterocycles. The standard InChI is InChI=1S/C16H23N3O2/c1-3-5-15-14(6-4-11-17)16(20)19(18-15)12-7-9-13(21-2)10-8-12/h7-10,14H,3-6,11,17H2,1-2H3. The summed E-state index contributed by atoms with van der Waals surface area (Å²) in [4.78, 5) is 12.6. The summed E-state index contributed by atoms with van der Waals surface area (Å²) in [7, 11) is 1.62. The van der Waals surface area contributed by atoms with Crippen molar-refractivity contribution in [2.24, 2.45) is 16.8 Å². The average molecular weight is 289 g/mol. The Morgan fingerprint density at radius 1 is 1.33 bits per heavy atom. The van der Waals surface area contributed by atoms with Gasteiger partial charge in [0.1, 0.15) is 5.75 Å². The Bertz CT molecular complexity index is 511. The van der Waals surface area contributed by atoms with E-state index in [2.05, 4.69) is 12.0 Å². The van der Waals surface area contributed by atoms with E-state index in [9.17, 15) is 4.79 Å². The molecule has 1 aliphatic heterocycles. The maximum absolute atomic E-state index is 12.6. The molecular formula is C16H23N3O2. The molecular weight excluding hydrogens is 266 g/mol. The quantitative estimate of drug-likeness (QED) is 0.838. The highest BCUT2D eigenvalue weighted by molar-refractivity contribution is 6.15. The van der Waals surface area contributed by atoms with Crippen molar-refractivity contribution in [1.29, 1.82) is 0 Å². The molecule has 0 radical (unpaired) electrons. The number of methoxy groups -OCH3 is 1. The fourth-order valence-corrected chi connectivity index (χ4v) is 2.54. The van der Waals surface area contributed by atoms with E-state index < -0.39 is 0 Å². The van der Waals surface area contributed by atoms with Crippen LogP contribution in [0.5, 0.6) is 5.75 Å². The van der Waals surface area contributed by atoms with Gasteiger partial charge in [-0.1, -0.05) is 13.3 Å². The predicted octanol–water partition coefficient (Wildman–Crippen LogP) is 2.55. The fourth-order valence-electron chi connectivity index (χ4n) is 2.54. The minimum atomic E-state index is -0.115. The van der Waals surface area contributed by atoms with E-state index in [-0.39, 0.29) is 11.8 Å². The highest BCUT2D eigenvalue weighted by Crippen LogP contribution is 2.29. The highest BCUT2D eigenvalue weighted by Gasteiger charge is 2.35. The van der Waals surface area contributed by atoms with Gasteiger partial charge >= 0.3 is 0 Å². The molecule has 1 heterocycles. The zero-order valence-corrected chi connectivity index (χ0v) is 12.7. The van der Waals surface area contributed by atoms with Crippen molar-refractivity contribution in [3.05, 3.63) is 24.3 Å². The van der Waals surface area contributed by atoms with Crippen LogP contribution in [-0.4, -0.2) is 25.3 Å². The summed E-state index contributed by atoms with van der Waals surface area (Å²) in [5, 5.41) is 6.06. The van der Waals surface area contributed by atoms with E-state index in [1.165, 1.54) is 5.01 Å². The van der Waals surface area contributed by atoms with E-state index in [1.807, 2.05) is 24.3 Å². The summed E-state index contributed by atoms with van der Waals surface area (Å²) >= 11 is 0. The zero-order valence-electron chi connectivity index (χ0n) is 12.7. The summed E-state index contributed by atoms with van der Waals surface area (Å²) in [6.07, 6.45) is 3.46. The molecule has 0 saturated carbocycles. The van der Waals surface area contributed by atoms with Crippen LogP contribution in [0, 0.1) is 5.92 Å².